The van der Waals surface area contributed by atoms with Crippen LogP contribution in [0.15, 0.2) is 71.5 Å². The van der Waals surface area contributed by atoms with E-state index in [2.05, 4.69) is 65.8 Å². The molecule has 0 fully saturated rings. The second kappa shape index (κ2) is 8.36. The topological polar surface area (TPSA) is 60.6 Å². The summed E-state index contributed by atoms with van der Waals surface area (Å²) in [6.45, 7) is 0.828. The predicted octanol–water partition coefficient (Wildman–Crippen LogP) is 6.09. The van der Waals surface area contributed by atoms with Gasteiger partial charge >= 0.3 is 0 Å². The van der Waals surface area contributed by atoms with Crippen molar-refractivity contribution in [2.24, 2.45) is 0 Å². The van der Waals surface area contributed by atoms with E-state index in [1.807, 2.05) is 6.07 Å². The van der Waals surface area contributed by atoms with Gasteiger partial charge in [0.1, 0.15) is 11.6 Å². The molecule has 5 aromatic rings. The number of aromatic nitrogens is 5. The van der Waals surface area contributed by atoms with E-state index in [-0.39, 0.29) is 11.9 Å². The van der Waals surface area contributed by atoms with E-state index in [1.54, 1.807) is 25.4 Å². The zero-order valence-corrected chi connectivity index (χ0v) is 20.1. The number of hydrogen-bond acceptors (Lipinski definition) is 4. The Kier molecular flexibility index (Phi) is 5.17. The van der Waals surface area contributed by atoms with Crippen LogP contribution in [-0.4, -0.2) is 31.1 Å². The van der Waals surface area contributed by atoms with E-state index >= 15 is 0 Å². The Morgan fingerprint density at radius 3 is 2.76 bits per heavy atom. The average molecular weight is 517 g/mol. The van der Waals surface area contributed by atoms with Gasteiger partial charge in [-0.2, -0.15) is 0 Å². The summed E-state index contributed by atoms with van der Waals surface area (Å²) < 4.78 is 19.4. The summed E-state index contributed by atoms with van der Waals surface area (Å²) in [7, 11) is 1.80. The fourth-order valence-electron chi connectivity index (χ4n) is 4.87. The standard InChI is InChI=1S/C26H22BrFN6/c1-29-26-30-12-10-21(31-26)25-24(16-2-5-19(28)6-3-16)32-23-9-7-20(34(23)25)15-33-13-11-17-14-18(27)4-8-22(17)33/h2-6,8,10-14,20H,7,9,15H2,1H3,(H,29,30,31). The van der Waals surface area contributed by atoms with Gasteiger partial charge in [0.25, 0.3) is 0 Å². The van der Waals surface area contributed by atoms with Crippen molar-refractivity contribution in [2.75, 3.05) is 12.4 Å². The minimum Gasteiger partial charge on any atom is -0.357 e. The molecule has 0 spiro atoms. The number of nitrogens with zero attached hydrogens (tertiary/aromatic N) is 5. The average Bonchev–Trinajstić information content (AvgIpc) is 3.54. The highest BCUT2D eigenvalue weighted by Crippen LogP contribution is 2.40. The van der Waals surface area contributed by atoms with Crippen molar-refractivity contribution < 1.29 is 4.39 Å². The molecule has 0 bridgehead atoms. The highest BCUT2D eigenvalue weighted by Gasteiger charge is 2.31. The van der Waals surface area contributed by atoms with Crippen molar-refractivity contribution in [3.63, 3.8) is 0 Å². The number of benzene rings is 2. The molecule has 4 heterocycles. The summed E-state index contributed by atoms with van der Waals surface area (Å²) in [5, 5.41) is 4.23. The summed E-state index contributed by atoms with van der Waals surface area (Å²) >= 11 is 3.57. The number of aryl methyl sites for hydroxylation is 1. The van der Waals surface area contributed by atoms with Gasteiger partial charge in [-0.15, -0.1) is 0 Å². The van der Waals surface area contributed by atoms with Crippen molar-refractivity contribution in [2.45, 2.75) is 25.4 Å². The van der Waals surface area contributed by atoms with E-state index in [4.69, 9.17) is 9.97 Å². The maximum absolute atomic E-state index is 13.7. The Morgan fingerprint density at radius 2 is 1.94 bits per heavy atom. The van der Waals surface area contributed by atoms with E-state index in [1.165, 1.54) is 23.0 Å². The summed E-state index contributed by atoms with van der Waals surface area (Å²) in [6.07, 6.45) is 5.78. The molecule has 1 N–H and O–H groups in total. The lowest BCUT2D eigenvalue weighted by Gasteiger charge is -2.19. The van der Waals surface area contributed by atoms with E-state index in [0.717, 1.165) is 52.3 Å². The summed E-state index contributed by atoms with van der Waals surface area (Å²) in [6, 6.07) is 17.2. The largest absolute Gasteiger partial charge is 0.357 e. The molecule has 8 heteroatoms. The monoisotopic (exact) mass is 516 g/mol. The first-order valence-electron chi connectivity index (χ1n) is 11.2. The second-order valence-corrected chi connectivity index (χ2v) is 9.40. The first kappa shape index (κ1) is 21.0. The van der Waals surface area contributed by atoms with Crippen LogP contribution in [0.4, 0.5) is 10.3 Å². The SMILES string of the molecule is CNc1nccc(-c2c(-c3ccc(F)cc3)nc3n2C(Cn2ccc4cc(Br)ccc42)CC3)n1. The van der Waals surface area contributed by atoms with Crippen LogP contribution in [0.25, 0.3) is 33.5 Å². The van der Waals surface area contributed by atoms with Crippen molar-refractivity contribution in [1.29, 1.82) is 0 Å². The predicted molar refractivity (Wildman–Crippen MR) is 135 cm³/mol. The zero-order chi connectivity index (χ0) is 23.2. The normalized spacial score (nSPS) is 15.1. The molecule has 170 valence electrons. The van der Waals surface area contributed by atoms with Crippen molar-refractivity contribution in [1.82, 2.24) is 24.1 Å². The van der Waals surface area contributed by atoms with Crippen LogP contribution < -0.4 is 5.32 Å². The Labute approximate surface area is 204 Å². The van der Waals surface area contributed by atoms with Gasteiger partial charge in [0, 0.05) is 53.3 Å². The number of nitrogens with one attached hydrogen (secondary N) is 1. The van der Waals surface area contributed by atoms with Crippen molar-refractivity contribution >= 4 is 32.8 Å². The van der Waals surface area contributed by atoms with E-state index in [0.29, 0.717) is 5.95 Å². The van der Waals surface area contributed by atoms with E-state index in [9.17, 15) is 4.39 Å². The Hall–Kier alpha value is -3.52. The van der Waals surface area contributed by atoms with Crippen LogP contribution in [0.3, 0.4) is 0 Å². The van der Waals surface area contributed by atoms with E-state index < -0.39 is 0 Å². The third kappa shape index (κ3) is 3.58. The molecular formula is C26H22BrFN6. The number of halogens is 2. The van der Waals surface area contributed by atoms with Gasteiger partial charge in [0.05, 0.1) is 23.1 Å². The second-order valence-electron chi connectivity index (χ2n) is 8.48. The minimum absolute atomic E-state index is 0.221. The number of anilines is 1. The highest BCUT2D eigenvalue weighted by atomic mass is 79.9. The molecule has 34 heavy (non-hydrogen) atoms. The molecule has 1 aliphatic heterocycles. The minimum atomic E-state index is -0.263. The van der Waals surface area contributed by atoms with Gasteiger partial charge in [0.15, 0.2) is 0 Å². The molecule has 1 atom stereocenters. The lowest BCUT2D eigenvalue weighted by molar-refractivity contribution is 0.459. The lowest BCUT2D eigenvalue weighted by atomic mass is 10.1. The molecule has 2 aromatic carbocycles. The third-order valence-corrected chi connectivity index (χ3v) is 6.92. The Morgan fingerprint density at radius 1 is 1.09 bits per heavy atom. The van der Waals surface area contributed by atoms with Gasteiger partial charge in [-0.25, -0.2) is 19.3 Å². The molecule has 0 saturated carbocycles. The van der Waals surface area contributed by atoms with Crippen LogP contribution in [-0.2, 0) is 13.0 Å². The fourth-order valence-corrected chi connectivity index (χ4v) is 5.25. The van der Waals surface area contributed by atoms with Crippen molar-refractivity contribution in [3.05, 3.63) is 83.1 Å². The van der Waals surface area contributed by atoms with Crippen LogP contribution >= 0.6 is 15.9 Å². The van der Waals surface area contributed by atoms with Crippen molar-refractivity contribution in [3.8, 4) is 22.6 Å². The van der Waals surface area contributed by atoms with Crippen LogP contribution in [0.5, 0.6) is 0 Å². The van der Waals surface area contributed by atoms with Crippen LogP contribution in [0.1, 0.15) is 18.3 Å². The molecule has 6 rings (SSSR count). The lowest BCUT2D eigenvalue weighted by Crippen LogP contribution is -2.13. The summed E-state index contributed by atoms with van der Waals surface area (Å²) in [4.78, 5) is 14.0. The molecule has 0 aliphatic carbocycles. The van der Waals surface area contributed by atoms with Gasteiger partial charge < -0.3 is 14.5 Å². The zero-order valence-electron chi connectivity index (χ0n) is 18.5. The molecular weight excluding hydrogens is 495 g/mol. The smallest absolute Gasteiger partial charge is 0.222 e. The first-order valence-corrected chi connectivity index (χ1v) is 12.0. The van der Waals surface area contributed by atoms with Crippen LogP contribution in [0.2, 0.25) is 0 Å². The molecule has 1 aliphatic rings. The Bertz CT molecular complexity index is 1500. The quantitative estimate of drug-likeness (QED) is 0.307. The first-order chi connectivity index (χ1) is 16.6. The maximum atomic E-state index is 13.7. The highest BCUT2D eigenvalue weighted by molar-refractivity contribution is 9.10. The molecule has 3 aromatic heterocycles. The third-order valence-electron chi connectivity index (χ3n) is 6.43. The van der Waals surface area contributed by atoms with Crippen LogP contribution in [0, 0.1) is 5.82 Å². The summed E-state index contributed by atoms with van der Waals surface area (Å²) in [5.74, 6) is 1.32. The molecule has 0 amide bonds. The molecule has 6 nitrogen and oxygen atoms in total. The van der Waals surface area contributed by atoms with Gasteiger partial charge in [-0.3, -0.25) is 0 Å². The fraction of sp³-hybridized carbons (Fsp3) is 0.192. The molecule has 1 unspecified atom stereocenters. The molecule has 0 saturated heterocycles. The number of fused-ring (bicyclic) bond motifs is 2. The number of imidazole rings is 1. The van der Waals surface area contributed by atoms with Gasteiger partial charge in [0.2, 0.25) is 5.95 Å². The maximum Gasteiger partial charge on any atom is 0.222 e. The Balaban J connectivity index is 1.48. The number of rotatable bonds is 5. The summed E-state index contributed by atoms with van der Waals surface area (Å²) in [5.41, 5.74) is 4.64. The number of hydrogen-bond donors (Lipinski definition) is 1. The molecule has 0 radical (unpaired) electrons. The van der Waals surface area contributed by atoms with Gasteiger partial charge in [-0.05, 0) is 61.0 Å². The van der Waals surface area contributed by atoms with Gasteiger partial charge in [-0.1, -0.05) is 15.9 Å².